The first kappa shape index (κ1) is 13.3. The number of nitrogens with one attached hydrogen (secondary N) is 1. The Kier molecular flexibility index (Phi) is 4.83. The molecule has 0 saturated carbocycles. The lowest BCUT2D eigenvalue weighted by Crippen LogP contribution is -2.49. The van der Waals surface area contributed by atoms with Crippen molar-refractivity contribution >= 4 is 0 Å². The normalized spacial score (nSPS) is 39.7. The molecule has 4 unspecified atom stereocenters. The highest BCUT2D eigenvalue weighted by Crippen LogP contribution is 2.24. The molecule has 0 aromatic carbocycles. The van der Waals surface area contributed by atoms with E-state index in [2.05, 4.69) is 31.0 Å². The van der Waals surface area contributed by atoms with Crippen LogP contribution in [0.25, 0.3) is 0 Å². The van der Waals surface area contributed by atoms with Gasteiger partial charge in [0.25, 0.3) is 0 Å². The van der Waals surface area contributed by atoms with Gasteiger partial charge in [0.2, 0.25) is 0 Å². The molecule has 0 radical (unpaired) electrons. The Hall–Kier alpha value is -0.120. The highest BCUT2D eigenvalue weighted by atomic mass is 16.5. The van der Waals surface area contributed by atoms with E-state index in [4.69, 9.17) is 4.74 Å². The van der Waals surface area contributed by atoms with Gasteiger partial charge in [0.1, 0.15) is 0 Å². The third-order valence-corrected chi connectivity index (χ3v) is 4.48. The molecule has 1 N–H and O–H groups in total. The highest BCUT2D eigenvalue weighted by Gasteiger charge is 2.30. The van der Waals surface area contributed by atoms with Crippen LogP contribution in [0.3, 0.4) is 0 Å². The molecule has 0 aliphatic carbocycles. The summed E-state index contributed by atoms with van der Waals surface area (Å²) < 4.78 is 5.65. The fourth-order valence-corrected chi connectivity index (χ4v) is 3.31. The largest absolute Gasteiger partial charge is 0.378 e. The Morgan fingerprint density at radius 1 is 1.29 bits per heavy atom. The molecule has 3 nitrogen and oxygen atoms in total. The summed E-state index contributed by atoms with van der Waals surface area (Å²) in [6.45, 7) is 12.6. The average molecular weight is 240 g/mol. The molecule has 2 aliphatic heterocycles. The van der Waals surface area contributed by atoms with E-state index in [1.165, 1.54) is 32.5 Å². The molecular weight excluding hydrogens is 212 g/mol. The van der Waals surface area contributed by atoms with Crippen molar-refractivity contribution in [2.45, 2.75) is 45.8 Å². The molecule has 2 fully saturated rings. The van der Waals surface area contributed by atoms with Crippen LogP contribution in [-0.4, -0.2) is 49.8 Å². The quantitative estimate of drug-likeness (QED) is 0.810. The molecule has 2 aliphatic rings. The molecule has 100 valence electrons. The van der Waals surface area contributed by atoms with Crippen LogP contribution >= 0.6 is 0 Å². The Labute approximate surface area is 106 Å². The molecule has 2 rings (SSSR count). The lowest BCUT2D eigenvalue weighted by Gasteiger charge is -2.38. The van der Waals surface area contributed by atoms with E-state index in [0.29, 0.717) is 6.10 Å². The Bertz CT molecular complexity index is 234. The molecule has 3 heteroatoms. The second-order valence-electron chi connectivity index (χ2n) is 5.81. The molecule has 2 heterocycles. The van der Waals surface area contributed by atoms with Crippen LogP contribution in [-0.2, 0) is 4.74 Å². The van der Waals surface area contributed by atoms with Crippen molar-refractivity contribution in [3.05, 3.63) is 0 Å². The minimum Gasteiger partial charge on any atom is -0.378 e. The summed E-state index contributed by atoms with van der Waals surface area (Å²) in [4.78, 5) is 2.65. The summed E-state index contributed by atoms with van der Waals surface area (Å²) in [5.41, 5.74) is 0. The third-order valence-electron chi connectivity index (χ3n) is 4.48. The lowest BCUT2D eigenvalue weighted by atomic mass is 9.92. The van der Waals surface area contributed by atoms with Crippen molar-refractivity contribution in [2.24, 2.45) is 11.8 Å². The Morgan fingerprint density at radius 3 is 2.71 bits per heavy atom. The maximum absolute atomic E-state index is 5.65. The molecule has 0 spiro atoms. The van der Waals surface area contributed by atoms with Crippen molar-refractivity contribution in [1.82, 2.24) is 10.2 Å². The second-order valence-corrected chi connectivity index (χ2v) is 5.81. The van der Waals surface area contributed by atoms with Gasteiger partial charge in [0, 0.05) is 25.7 Å². The van der Waals surface area contributed by atoms with E-state index in [0.717, 1.165) is 31.0 Å². The Balaban J connectivity index is 1.77. The van der Waals surface area contributed by atoms with Gasteiger partial charge in [-0.05, 0) is 44.7 Å². The molecule has 0 aromatic rings. The highest BCUT2D eigenvalue weighted by molar-refractivity contribution is 4.85. The van der Waals surface area contributed by atoms with Gasteiger partial charge >= 0.3 is 0 Å². The average Bonchev–Trinajstić information content (AvgIpc) is 2.69. The standard InChI is InChI=1S/C14H28N2O/c1-4-15-14-5-7-16(9-11(14)2)10-13-6-8-17-12(13)3/h11-15H,4-10H2,1-3H3. The molecule has 0 bridgehead atoms. The predicted molar refractivity (Wildman–Crippen MR) is 71.2 cm³/mol. The maximum Gasteiger partial charge on any atom is 0.0588 e. The van der Waals surface area contributed by atoms with Gasteiger partial charge in [0.05, 0.1) is 6.10 Å². The number of ether oxygens (including phenoxy) is 1. The van der Waals surface area contributed by atoms with E-state index in [-0.39, 0.29) is 0 Å². The van der Waals surface area contributed by atoms with Crippen LogP contribution in [0, 0.1) is 11.8 Å². The molecular formula is C14H28N2O. The number of rotatable bonds is 4. The smallest absolute Gasteiger partial charge is 0.0588 e. The van der Waals surface area contributed by atoms with Crippen LogP contribution in [0.2, 0.25) is 0 Å². The van der Waals surface area contributed by atoms with E-state index in [1.807, 2.05) is 0 Å². The lowest BCUT2D eigenvalue weighted by molar-refractivity contribution is 0.0775. The minimum atomic E-state index is 0.469. The molecule has 0 aromatic heterocycles. The van der Waals surface area contributed by atoms with Crippen LogP contribution in [0.5, 0.6) is 0 Å². The molecule has 17 heavy (non-hydrogen) atoms. The fourth-order valence-electron chi connectivity index (χ4n) is 3.31. The van der Waals surface area contributed by atoms with Gasteiger partial charge in [-0.2, -0.15) is 0 Å². The van der Waals surface area contributed by atoms with Gasteiger partial charge in [0.15, 0.2) is 0 Å². The predicted octanol–water partition coefficient (Wildman–Crippen LogP) is 1.73. The number of hydrogen-bond donors (Lipinski definition) is 1. The topological polar surface area (TPSA) is 24.5 Å². The molecule has 4 atom stereocenters. The number of hydrogen-bond acceptors (Lipinski definition) is 3. The zero-order valence-corrected chi connectivity index (χ0v) is 11.6. The van der Waals surface area contributed by atoms with Crippen molar-refractivity contribution in [3.63, 3.8) is 0 Å². The SMILES string of the molecule is CCNC1CCN(CC2CCOC2C)CC1C. The summed E-state index contributed by atoms with van der Waals surface area (Å²) in [6, 6.07) is 0.730. The first-order valence-corrected chi connectivity index (χ1v) is 7.28. The van der Waals surface area contributed by atoms with Crippen molar-refractivity contribution < 1.29 is 4.74 Å². The van der Waals surface area contributed by atoms with E-state index < -0.39 is 0 Å². The van der Waals surface area contributed by atoms with Crippen molar-refractivity contribution in [2.75, 3.05) is 32.8 Å². The van der Waals surface area contributed by atoms with Gasteiger partial charge < -0.3 is 15.0 Å². The van der Waals surface area contributed by atoms with Crippen molar-refractivity contribution in [3.8, 4) is 0 Å². The first-order valence-electron chi connectivity index (χ1n) is 7.28. The minimum absolute atomic E-state index is 0.469. The Morgan fingerprint density at radius 2 is 2.12 bits per heavy atom. The number of nitrogens with zero attached hydrogens (tertiary/aromatic N) is 1. The van der Waals surface area contributed by atoms with Gasteiger partial charge in [-0.15, -0.1) is 0 Å². The van der Waals surface area contributed by atoms with Crippen LogP contribution in [0.15, 0.2) is 0 Å². The zero-order chi connectivity index (χ0) is 12.3. The van der Waals surface area contributed by atoms with Crippen LogP contribution < -0.4 is 5.32 Å². The maximum atomic E-state index is 5.65. The van der Waals surface area contributed by atoms with Gasteiger partial charge in [-0.1, -0.05) is 13.8 Å². The fraction of sp³-hybridized carbons (Fsp3) is 1.00. The number of piperidine rings is 1. The third kappa shape index (κ3) is 3.43. The molecule has 0 amide bonds. The van der Waals surface area contributed by atoms with E-state index in [9.17, 15) is 0 Å². The van der Waals surface area contributed by atoms with Crippen LogP contribution in [0.4, 0.5) is 0 Å². The van der Waals surface area contributed by atoms with Gasteiger partial charge in [-0.25, -0.2) is 0 Å². The summed E-state index contributed by atoms with van der Waals surface area (Å²) in [5.74, 6) is 1.54. The summed E-state index contributed by atoms with van der Waals surface area (Å²) in [5, 5.41) is 3.61. The first-order chi connectivity index (χ1) is 8.20. The molecule has 2 saturated heterocycles. The summed E-state index contributed by atoms with van der Waals surface area (Å²) in [6.07, 6.45) is 3.02. The van der Waals surface area contributed by atoms with Crippen molar-refractivity contribution in [1.29, 1.82) is 0 Å². The van der Waals surface area contributed by atoms with Crippen LogP contribution in [0.1, 0.15) is 33.6 Å². The van der Waals surface area contributed by atoms with E-state index in [1.54, 1.807) is 0 Å². The van der Waals surface area contributed by atoms with Gasteiger partial charge in [-0.3, -0.25) is 0 Å². The second kappa shape index (κ2) is 6.17. The summed E-state index contributed by atoms with van der Waals surface area (Å²) in [7, 11) is 0. The number of likely N-dealkylation sites (tertiary alicyclic amines) is 1. The monoisotopic (exact) mass is 240 g/mol. The zero-order valence-electron chi connectivity index (χ0n) is 11.6. The summed E-state index contributed by atoms with van der Waals surface area (Å²) >= 11 is 0. The van der Waals surface area contributed by atoms with E-state index >= 15 is 0 Å².